The Morgan fingerprint density at radius 2 is 2.07 bits per heavy atom. The van der Waals surface area contributed by atoms with Crippen molar-refractivity contribution in [3.63, 3.8) is 0 Å². The number of rotatable bonds is 1. The molecule has 0 aliphatic carbocycles. The number of pyridine rings is 1. The Morgan fingerprint density at radius 1 is 1.47 bits per heavy atom. The molecule has 1 heterocycles. The first-order valence-electron chi connectivity index (χ1n) is 3.57. The average Bonchev–Trinajstić information content (AvgIpc) is 2.09. The first-order valence-corrected chi connectivity index (χ1v) is 4.36. The van der Waals surface area contributed by atoms with Crippen LogP contribution in [0.2, 0.25) is 0 Å². The van der Waals surface area contributed by atoms with Crippen LogP contribution in [0.3, 0.4) is 0 Å². The van der Waals surface area contributed by atoms with Crippen LogP contribution in [0.25, 0.3) is 0 Å². The van der Waals surface area contributed by atoms with Gasteiger partial charge in [-0.3, -0.25) is 5.73 Å². The molecule has 0 saturated carbocycles. The molecule has 0 saturated heterocycles. The molecule has 0 aromatic carbocycles. The fraction of sp³-hybridized carbons (Fsp3) is 0.143. The predicted octanol–water partition coefficient (Wildman–Crippen LogP) is 0.836. The van der Waals surface area contributed by atoms with Crippen LogP contribution in [0.4, 0.5) is 19.0 Å². The van der Waals surface area contributed by atoms with Gasteiger partial charge in [-0.1, -0.05) is 0 Å². The van der Waals surface area contributed by atoms with E-state index in [1.807, 2.05) is 0 Å². The second kappa shape index (κ2) is 4.05. The predicted molar refractivity (Wildman–Crippen MR) is 46.4 cm³/mol. The van der Waals surface area contributed by atoms with Crippen LogP contribution in [0, 0.1) is 0 Å². The maximum absolute atomic E-state index is 11.8. The van der Waals surface area contributed by atoms with Crippen LogP contribution in [0.15, 0.2) is 22.8 Å². The lowest BCUT2D eigenvalue weighted by atomic mass is 10.5. The second-order valence-electron chi connectivity index (χ2n) is 2.47. The van der Waals surface area contributed by atoms with Crippen molar-refractivity contribution in [2.75, 3.05) is 5.73 Å². The molecule has 0 unspecified atom stereocenters. The lowest BCUT2D eigenvalue weighted by molar-refractivity contribution is -0.859. The van der Waals surface area contributed by atoms with E-state index in [2.05, 4.69) is 20.8 Å². The zero-order chi connectivity index (χ0) is 11.6. The van der Waals surface area contributed by atoms with Crippen molar-refractivity contribution in [3.8, 4) is 0 Å². The fourth-order valence-corrected chi connectivity index (χ4v) is 1.01. The summed E-state index contributed by atoms with van der Waals surface area (Å²) in [5.41, 5.74) is 5.28. The highest BCUT2D eigenvalue weighted by molar-refractivity contribution is 9.10. The lowest BCUT2D eigenvalue weighted by Crippen LogP contribution is -2.51. The van der Waals surface area contributed by atoms with Crippen molar-refractivity contribution in [2.45, 2.75) is 6.18 Å². The van der Waals surface area contributed by atoms with Crippen LogP contribution in [-0.4, -0.2) is 12.1 Å². The minimum Gasteiger partial charge on any atom is -0.284 e. The summed E-state index contributed by atoms with van der Waals surface area (Å²) in [4.78, 5) is 14.4. The minimum atomic E-state index is -5.05. The van der Waals surface area contributed by atoms with Crippen LogP contribution >= 0.6 is 15.9 Å². The third-order valence-electron chi connectivity index (χ3n) is 1.32. The minimum absolute atomic E-state index is 0.129. The first kappa shape index (κ1) is 11.8. The van der Waals surface area contributed by atoms with Gasteiger partial charge < -0.3 is 0 Å². The topological polar surface area (TPSA) is 56.2 Å². The zero-order valence-electron chi connectivity index (χ0n) is 7.08. The number of carbonyl (C=O) groups excluding carboxylic acids is 1. The molecule has 0 spiro atoms. The van der Waals surface area contributed by atoms with Crippen molar-refractivity contribution in [1.29, 1.82) is 0 Å². The quantitative estimate of drug-likeness (QED) is 0.778. The summed E-state index contributed by atoms with van der Waals surface area (Å²) in [7, 11) is 0. The zero-order valence-corrected chi connectivity index (χ0v) is 8.67. The highest BCUT2D eigenvalue weighted by Crippen LogP contribution is 2.14. The number of aromatic nitrogens is 1. The number of hydrogen-bond donors (Lipinski definition) is 1. The molecule has 1 aromatic heterocycles. The standard InChI is InChI=1S/C7H4BrF3N2O2/c8-4-1-2-5(12)13(3-4)15-6(14)7(9,10)11/h1-3,12H/p+1. The van der Waals surface area contributed by atoms with Crippen LogP contribution in [0.5, 0.6) is 0 Å². The third-order valence-corrected chi connectivity index (χ3v) is 1.79. The smallest absolute Gasteiger partial charge is 0.284 e. The van der Waals surface area contributed by atoms with Crippen molar-refractivity contribution < 1.29 is 27.5 Å². The molecule has 0 atom stereocenters. The molecule has 0 fully saturated rings. The first-order chi connectivity index (χ1) is 6.80. The van der Waals surface area contributed by atoms with Gasteiger partial charge in [0.15, 0.2) is 6.20 Å². The molecule has 4 nitrogen and oxygen atoms in total. The van der Waals surface area contributed by atoms with Crippen LogP contribution in [-0.2, 0) is 4.79 Å². The van der Waals surface area contributed by atoms with E-state index < -0.39 is 12.1 Å². The molecular formula is C7H5BrF3N2O2+. The van der Waals surface area contributed by atoms with Gasteiger partial charge in [0.05, 0.1) is 4.47 Å². The molecule has 15 heavy (non-hydrogen) atoms. The summed E-state index contributed by atoms with van der Waals surface area (Å²) in [5.74, 6) is -2.46. The number of halogens is 4. The molecule has 0 radical (unpaired) electrons. The van der Waals surface area contributed by atoms with Gasteiger partial charge in [-0.25, -0.2) is 9.63 Å². The van der Waals surface area contributed by atoms with E-state index in [0.29, 0.717) is 9.20 Å². The van der Waals surface area contributed by atoms with Crippen molar-refractivity contribution in [1.82, 2.24) is 0 Å². The maximum atomic E-state index is 11.8. The Bertz CT molecular complexity index is 394. The fourth-order valence-electron chi connectivity index (χ4n) is 0.688. The third kappa shape index (κ3) is 3.08. The monoisotopic (exact) mass is 285 g/mol. The molecule has 0 aliphatic rings. The Labute approximate surface area is 90.5 Å². The SMILES string of the molecule is Nc1ccc(Br)c[n+]1OC(=O)C(F)(F)F. The van der Waals surface area contributed by atoms with E-state index in [-0.39, 0.29) is 5.82 Å². The summed E-state index contributed by atoms with van der Waals surface area (Å²) in [6.07, 6.45) is -3.96. The van der Waals surface area contributed by atoms with Crippen molar-refractivity contribution in [2.24, 2.45) is 0 Å². The van der Waals surface area contributed by atoms with Gasteiger partial charge in [0.25, 0.3) is 0 Å². The molecule has 0 bridgehead atoms. The number of alkyl halides is 3. The van der Waals surface area contributed by atoms with E-state index in [4.69, 9.17) is 5.73 Å². The number of hydrogen-bond acceptors (Lipinski definition) is 3. The molecule has 82 valence electrons. The highest BCUT2D eigenvalue weighted by atomic mass is 79.9. The van der Waals surface area contributed by atoms with Crippen LogP contribution < -0.4 is 15.3 Å². The van der Waals surface area contributed by atoms with Gasteiger partial charge in [-0.2, -0.15) is 13.2 Å². The van der Waals surface area contributed by atoms with Gasteiger partial charge >= 0.3 is 18.0 Å². The molecule has 1 aromatic rings. The molecular weight excluding hydrogens is 281 g/mol. The van der Waals surface area contributed by atoms with Gasteiger partial charge in [0, 0.05) is 6.07 Å². The van der Waals surface area contributed by atoms with E-state index in [0.717, 1.165) is 6.20 Å². The lowest BCUT2D eigenvalue weighted by Gasteiger charge is -2.04. The Hall–Kier alpha value is -1.31. The molecule has 0 amide bonds. The molecule has 8 heteroatoms. The number of nitrogen functional groups attached to an aromatic ring is 1. The van der Waals surface area contributed by atoms with Crippen LogP contribution in [0.1, 0.15) is 0 Å². The summed E-state index contributed by atoms with van der Waals surface area (Å²) in [5, 5.41) is 0. The molecule has 0 aliphatic heterocycles. The summed E-state index contributed by atoms with van der Waals surface area (Å²) in [6.45, 7) is 0. The summed E-state index contributed by atoms with van der Waals surface area (Å²) >= 11 is 2.99. The number of anilines is 1. The largest absolute Gasteiger partial charge is 0.495 e. The Balaban J connectivity index is 2.90. The second-order valence-corrected chi connectivity index (χ2v) is 3.39. The summed E-state index contributed by atoms with van der Waals surface area (Å²) < 4.78 is 36.4. The molecule has 2 N–H and O–H groups in total. The van der Waals surface area contributed by atoms with E-state index in [9.17, 15) is 18.0 Å². The normalized spacial score (nSPS) is 11.2. The molecule has 1 rings (SSSR count). The number of carbonyl (C=O) groups is 1. The van der Waals surface area contributed by atoms with E-state index in [1.54, 1.807) is 0 Å². The average molecular weight is 286 g/mol. The van der Waals surface area contributed by atoms with Gasteiger partial charge in [0.2, 0.25) is 0 Å². The summed E-state index contributed by atoms with van der Waals surface area (Å²) in [6, 6.07) is 2.78. The van der Waals surface area contributed by atoms with Crippen molar-refractivity contribution >= 4 is 27.7 Å². The van der Waals surface area contributed by atoms with Gasteiger partial charge in [0.1, 0.15) is 0 Å². The Kier molecular flexibility index (Phi) is 3.18. The number of nitrogens with two attached hydrogens (primary N) is 1. The van der Waals surface area contributed by atoms with E-state index in [1.165, 1.54) is 12.1 Å². The van der Waals surface area contributed by atoms with Gasteiger partial charge in [-0.05, 0) is 26.7 Å². The number of nitrogens with zero attached hydrogens (tertiary/aromatic N) is 1. The van der Waals surface area contributed by atoms with Gasteiger partial charge in [-0.15, -0.1) is 0 Å². The highest BCUT2D eigenvalue weighted by Gasteiger charge is 2.43. The Morgan fingerprint density at radius 3 is 2.60 bits per heavy atom. The maximum Gasteiger partial charge on any atom is 0.495 e. The van der Waals surface area contributed by atoms with E-state index >= 15 is 0 Å². The van der Waals surface area contributed by atoms with Crippen molar-refractivity contribution in [3.05, 3.63) is 22.8 Å².